The van der Waals surface area contributed by atoms with Crippen molar-refractivity contribution in [1.29, 1.82) is 0 Å². The molecule has 5 heteroatoms. The Labute approximate surface area is 219 Å². The van der Waals surface area contributed by atoms with Crippen LogP contribution in [-0.4, -0.2) is 41.4 Å². The highest BCUT2D eigenvalue weighted by molar-refractivity contribution is 5.94. The molecule has 2 fully saturated rings. The van der Waals surface area contributed by atoms with Gasteiger partial charge in [-0.3, -0.25) is 9.69 Å². The lowest BCUT2D eigenvalue weighted by molar-refractivity contribution is 0.0588. The van der Waals surface area contributed by atoms with Crippen molar-refractivity contribution in [3.8, 4) is 0 Å². The van der Waals surface area contributed by atoms with Gasteiger partial charge in [-0.2, -0.15) is 0 Å². The molecule has 1 saturated carbocycles. The molecular formula is C32H36F2N2O. The molecule has 5 rings (SSSR count). The first kappa shape index (κ1) is 25.6. The molecule has 2 aliphatic rings. The summed E-state index contributed by atoms with van der Waals surface area (Å²) in [5.41, 5.74) is 4.09. The number of halogens is 2. The summed E-state index contributed by atoms with van der Waals surface area (Å²) < 4.78 is 27.4. The highest BCUT2D eigenvalue weighted by atomic mass is 19.2. The molecule has 194 valence electrons. The summed E-state index contributed by atoms with van der Waals surface area (Å²) in [6.07, 6.45) is 5.67. The van der Waals surface area contributed by atoms with Gasteiger partial charge in [-0.1, -0.05) is 67.8 Å². The maximum atomic E-state index is 13.9. The average molecular weight is 503 g/mol. The zero-order valence-electron chi connectivity index (χ0n) is 21.6. The monoisotopic (exact) mass is 502 g/mol. The molecule has 37 heavy (non-hydrogen) atoms. The Balaban J connectivity index is 1.43. The summed E-state index contributed by atoms with van der Waals surface area (Å²) in [5, 5.41) is 0. The standard InChI is InChI=1S/C32H36F2N2O/c1-23-10-8-9-15-28(23)29-22-35(19-24-16-17-30(33)31(34)18-24)20-26(29)21-36(27-13-6-3-7-14-27)32(37)25-11-4-2-5-12-25/h2,4-5,8-12,15-18,26-27,29H,3,6-7,13-14,19-22H2,1H3. The van der Waals surface area contributed by atoms with E-state index in [0.717, 1.165) is 49.9 Å². The average Bonchev–Trinajstić information content (AvgIpc) is 3.32. The van der Waals surface area contributed by atoms with Gasteiger partial charge in [0, 0.05) is 43.7 Å². The normalized spacial score (nSPS) is 20.7. The highest BCUT2D eigenvalue weighted by Gasteiger charge is 2.38. The topological polar surface area (TPSA) is 23.6 Å². The number of carbonyl (C=O) groups is 1. The third-order valence-electron chi connectivity index (χ3n) is 8.22. The predicted molar refractivity (Wildman–Crippen MR) is 143 cm³/mol. The third-order valence-corrected chi connectivity index (χ3v) is 8.22. The van der Waals surface area contributed by atoms with Gasteiger partial charge in [-0.05, 0) is 66.6 Å². The number of hydrogen-bond acceptors (Lipinski definition) is 2. The molecule has 2 unspecified atom stereocenters. The quantitative estimate of drug-likeness (QED) is 0.349. The van der Waals surface area contributed by atoms with Gasteiger partial charge in [0.25, 0.3) is 5.91 Å². The van der Waals surface area contributed by atoms with Crippen molar-refractivity contribution in [3.05, 3.63) is 107 Å². The van der Waals surface area contributed by atoms with E-state index < -0.39 is 11.6 Å². The van der Waals surface area contributed by atoms with Crippen molar-refractivity contribution in [2.24, 2.45) is 5.92 Å². The van der Waals surface area contributed by atoms with Gasteiger partial charge < -0.3 is 4.90 Å². The molecule has 3 aromatic rings. The lowest BCUT2D eigenvalue weighted by Crippen LogP contribution is -2.45. The Kier molecular flexibility index (Phi) is 7.99. The minimum Gasteiger partial charge on any atom is -0.335 e. The Morgan fingerprint density at radius 3 is 2.35 bits per heavy atom. The summed E-state index contributed by atoms with van der Waals surface area (Å²) in [5.74, 6) is -0.985. The number of hydrogen-bond donors (Lipinski definition) is 0. The molecular weight excluding hydrogens is 466 g/mol. The van der Waals surface area contributed by atoms with Gasteiger partial charge in [0.1, 0.15) is 0 Å². The molecule has 1 aliphatic heterocycles. The van der Waals surface area contributed by atoms with Crippen molar-refractivity contribution in [2.75, 3.05) is 19.6 Å². The van der Waals surface area contributed by atoms with Crippen molar-refractivity contribution < 1.29 is 13.6 Å². The van der Waals surface area contributed by atoms with Crippen molar-refractivity contribution >= 4 is 5.91 Å². The van der Waals surface area contributed by atoms with E-state index in [1.807, 2.05) is 30.3 Å². The minimum atomic E-state index is -0.816. The van der Waals surface area contributed by atoms with E-state index in [-0.39, 0.29) is 23.8 Å². The van der Waals surface area contributed by atoms with E-state index in [2.05, 4.69) is 41.0 Å². The van der Waals surface area contributed by atoms with E-state index in [1.54, 1.807) is 6.07 Å². The summed E-state index contributed by atoms with van der Waals surface area (Å²) in [6, 6.07) is 22.6. The summed E-state index contributed by atoms with van der Waals surface area (Å²) in [7, 11) is 0. The zero-order valence-corrected chi connectivity index (χ0v) is 21.6. The Bertz CT molecular complexity index is 1210. The smallest absolute Gasteiger partial charge is 0.254 e. The molecule has 1 amide bonds. The van der Waals surface area contributed by atoms with Crippen molar-refractivity contribution in [1.82, 2.24) is 9.80 Å². The van der Waals surface area contributed by atoms with Crippen LogP contribution in [0, 0.1) is 24.5 Å². The second kappa shape index (κ2) is 11.6. The van der Waals surface area contributed by atoms with Crippen LogP contribution in [0.5, 0.6) is 0 Å². The number of carbonyl (C=O) groups excluding carboxylic acids is 1. The number of benzene rings is 3. The first-order valence-electron chi connectivity index (χ1n) is 13.6. The second-order valence-electron chi connectivity index (χ2n) is 10.8. The number of rotatable bonds is 7. The number of likely N-dealkylation sites (tertiary alicyclic amines) is 1. The molecule has 3 nitrogen and oxygen atoms in total. The number of aryl methyl sites for hydroxylation is 1. The molecule has 1 saturated heterocycles. The van der Waals surface area contributed by atoms with Crippen LogP contribution in [0.25, 0.3) is 0 Å². The van der Waals surface area contributed by atoms with Gasteiger partial charge in [0.15, 0.2) is 11.6 Å². The zero-order chi connectivity index (χ0) is 25.8. The molecule has 2 atom stereocenters. The highest BCUT2D eigenvalue weighted by Crippen LogP contribution is 2.37. The van der Waals surface area contributed by atoms with Crippen LogP contribution in [-0.2, 0) is 6.54 Å². The van der Waals surface area contributed by atoms with Crippen LogP contribution >= 0.6 is 0 Å². The maximum absolute atomic E-state index is 13.9. The third kappa shape index (κ3) is 5.93. The fourth-order valence-corrected chi connectivity index (χ4v) is 6.32. The predicted octanol–water partition coefficient (Wildman–Crippen LogP) is 6.96. The van der Waals surface area contributed by atoms with Crippen LogP contribution in [0.2, 0.25) is 0 Å². The van der Waals surface area contributed by atoms with Crippen LogP contribution < -0.4 is 0 Å². The minimum absolute atomic E-state index is 0.120. The lowest BCUT2D eigenvalue weighted by atomic mass is 9.85. The molecule has 1 heterocycles. The van der Waals surface area contributed by atoms with Gasteiger partial charge in [-0.15, -0.1) is 0 Å². The van der Waals surface area contributed by atoms with Gasteiger partial charge in [0.05, 0.1) is 0 Å². The van der Waals surface area contributed by atoms with E-state index in [1.165, 1.54) is 29.7 Å². The van der Waals surface area contributed by atoms with Crippen LogP contribution in [0.3, 0.4) is 0 Å². The largest absolute Gasteiger partial charge is 0.335 e. The van der Waals surface area contributed by atoms with Crippen LogP contribution in [0.4, 0.5) is 8.78 Å². The summed E-state index contributed by atoms with van der Waals surface area (Å²) in [6.45, 7) is 5.05. The van der Waals surface area contributed by atoms with Crippen molar-refractivity contribution in [2.45, 2.75) is 57.5 Å². The van der Waals surface area contributed by atoms with Gasteiger partial charge in [0.2, 0.25) is 0 Å². The van der Waals surface area contributed by atoms with Crippen LogP contribution in [0.15, 0.2) is 72.8 Å². The molecule has 0 aromatic heterocycles. The van der Waals surface area contributed by atoms with E-state index in [0.29, 0.717) is 13.1 Å². The van der Waals surface area contributed by atoms with E-state index in [9.17, 15) is 13.6 Å². The molecule has 0 N–H and O–H groups in total. The lowest BCUT2D eigenvalue weighted by Gasteiger charge is -2.37. The van der Waals surface area contributed by atoms with Crippen molar-refractivity contribution in [3.63, 3.8) is 0 Å². The molecule has 3 aromatic carbocycles. The fraction of sp³-hybridized carbons (Fsp3) is 0.406. The summed E-state index contributed by atoms with van der Waals surface area (Å²) in [4.78, 5) is 18.3. The number of amides is 1. The summed E-state index contributed by atoms with van der Waals surface area (Å²) >= 11 is 0. The Hall–Kier alpha value is -3.05. The van der Waals surface area contributed by atoms with Gasteiger partial charge in [-0.25, -0.2) is 8.78 Å². The second-order valence-corrected chi connectivity index (χ2v) is 10.8. The van der Waals surface area contributed by atoms with E-state index >= 15 is 0 Å². The van der Waals surface area contributed by atoms with E-state index in [4.69, 9.17) is 0 Å². The Morgan fingerprint density at radius 1 is 0.892 bits per heavy atom. The van der Waals surface area contributed by atoms with Gasteiger partial charge >= 0.3 is 0 Å². The SMILES string of the molecule is Cc1ccccc1C1CN(Cc2ccc(F)c(F)c2)CC1CN(C(=O)c1ccccc1)C1CCCCC1. The molecule has 0 bridgehead atoms. The number of nitrogens with zero attached hydrogens (tertiary/aromatic N) is 2. The molecule has 1 aliphatic carbocycles. The van der Waals surface area contributed by atoms with Crippen LogP contribution in [0.1, 0.15) is 65.1 Å². The molecule has 0 radical (unpaired) electrons. The maximum Gasteiger partial charge on any atom is 0.254 e. The fourth-order valence-electron chi connectivity index (χ4n) is 6.32. The molecule has 0 spiro atoms. The first-order chi connectivity index (χ1) is 18.0. The Morgan fingerprint density at radius 2 is 1.62 bits per heavy atom. The first-order valence-corrected chi connectivity index (χ1v) is 13.6.